The van der Waals surface area contributed by atoms with Crippen molar-refractivity contribution < 1.29 is 19.1 Å². The van der Waals surface area contributed by atoms with Gasteiger partial charge in [0.2, 0.25) is 0 Å². The highest BCUT2D eigenvalue weighted by Crippen LogP contribution is 2.46. The summed E-state index contributed by atoms with van der Waals surface area (Å²) in [6.45, 7) is 0. The van der Waals surface area contributed by atoms with E-state index in [1.165, 1.54) is 14.2 Å². The zero-order chi connectivity index (χ0) is 13.3. The second-order valence-electron chi connectivity index (χ2n) is 4.31. The second kappa shape index (κ2) is 4.72. The molecule has 0 saturated heterocycles. The highest BCUT2D eigenvalue weighted by Gasteiger charge is 2.53. The van der Waals surface area contributed by atoms with E-state index in [0.29, 0.717) is 11.3 Å². The molecule has 1 aliphatic carbocycles. The molecule has 1 aliphatic rings. The van der Waals surface area contributed by atoms with Crippen LogP contribution in [-0.2, 0) is 19.7 Å². The van der Waals surface area contributed by atoms with Gasteiger partial charge < -0.3 is 9.47 Å². The van der Waals surface area contributed by atoms with Crippen molar-refractivity contribution in [2.24, 2.45) is 0 Å². The van der Waals surface area contributed by atoms with Crippen molar-refractivity contribution in [3.8, 4) is 5.75 Å². The van der Waals surface area contributed by atoms with E-state index in [-0.39, 0.29) is 18.6 Å². The van der Waals surface area contributed by atoms with Crippen molar-refractivity contribution in [3.05, 3.63) is 28.2 Å². The van der Waals surface area contributed by atoms with E-state index in [1.54, 1.807) is 6.07 Å². The number of esters is 1. The average Bonchev–Trinajstić information content (AvgIpc) is 2.33. The monoisotopic (exact) mass is 312 g/mol. The Morgan fingerprint density at radius 2 is 2.00 bits per heavy atom. The smallest absolute Gasteiger partial charge is 0.317 e. The third-order valence-electron chi connectivity index (χ3n) is 3.25. The third kappa shape index (κ3) is 1.92. The first-order valence-corrected chi connectivity index (χ1v) is 6.27. The van der Waals surface area contributed by atoms with Gasteiger partial charge in [0.1, 0.15) is 16.9 Å². The van der Waals surface area contributed by atoms with Gasteiger partial charge in [-0.15, -0.1) is 0 Å². The summed E-state index contributed by atoms with van der Waals surface area (Å²) in [6.07, 6.45) is 0.346. The lowest BCUT2D eigenvalue weighted by atomic mass is 9.63. The Morgan fingerprint density at radius 1 is 1.33 bits per heavy atom. The molecule has 0 atom stereocenters. The first-order valence-electron chi connectivity index (χ1n) is 5.47. The molecule has 1 saturated carbocycles. The van der Waals surface area contributed by atoms with Crippen molar-refractivity contribution in [1.29, 1.82) is 0 Å². The van der Waals surface area contributed by atoms with Crippen LogP contribution in [0.25, 0.3) is 0 Å². The predicted molar refractivity (Wildman–Crippen MR) is 68.6 cm³/mol. The second-order valence-corrected chi connectivity index (χ2v) is 5.23. The minimum atomic E-state index is -0.888. The summed E-state index contributed by atoms with van der Waals surface area (Å²) >= 11 is 3.36. The zero-order valence-electron chi connectivity index (χ0n) is 10.2. The van der Waals surface area contributed by atoms with E-state index < -0.39 is 11.4 Å². The molecule has 1 aromatic rings. The molecular weight excluding hydrogens is 300 g/mol. The number of carbonyl (C=O) groups is 2. The maximum atomic E-state index is 12.0. The highest BCUT2D eigenvalue weighted by molar-refractivity contribution is 9.10. The number of ether oxygens (including phenoxy) is 2. The number of rotatable bonds is 3. The standard InChI is InChI=1S/C13H13BrO4/c1-17-11-4-3-8(14)5-10(11)13(12(16)18-2)6-9(15)7-13/h3-5H,6-7H2,1-2H3. The Labute approximate surface area is 113 Å². The van der Waals surface area contributed by atoms with Crippen LogP contribution in [0.5, 0.6) is 5.75 Å². The van der Waals surface area contributed by atoms with Crippen LogP contribution in [0.15, 0.2) is 22.7 Å². The molecule has 0 aliphatic heterocycles. The Hall–Kier alpha value is -1.36. The molecular formula is C13H13BrO4. The van der Waals surface area contributed by atoms with Gasteiger partial charge in [0.25, 0.3) is 0 Å². The van der Waals surface area contributed by atoms with Gasteiger partial charge in [-0.1, -0.05) is 15.9 Å². The number of Topliss-reactive ketones (excluding diaryl/α,β-unsaturated/α-hetero) is 1. The maximum Gasteiger partial charge on any atom is 0.317 e. The van der Waals surface area contributed by atoms with Crippen molar-refractivity contribution in [2.45, 2.75) is 18.3 Å². The molecule has 0 spiro atoms. The lowest BCUT2D eigenvalue weighted by Gasteiger charge is -2.38. The molecule has 0 amide bonds. The summed E-state index contributed by atoms with van der Waals surface area (Å²) in [4.78, 5) is 23.3. The lowest BCUT2D eigenvalue weighted by Crippen LogP contribution is -2.49. The van der Waals surface area contributed by atoms with Gasteiger partial charge in [-0.05, 0) is 18.2 Å². The van der Waals surface area contributed by atoms with Crippen LogP contribution in [-0.4, -0.2) is 26.0 Å². The molecule has 0 heterocycles. The largest absolute Gasteiger partial charge is 0.496 e. The molecule has 0 aromatic heterocycles. The normalized spacial score (nSPS) is 16.9. The van der Waals surface area contributed by atoms with Gasteiger partial charge in [-0.2, -0.15) is 0 Å². The van der Waals surface area contributed by atoms with Crippen LogP contribution in [0, 0.1) is 0 Å². The molecule has 0 radical (unpaired) electrons. The van der Waals surface area contributed by atoms with Gasteiger partial charge >= 0.3 is 5.97 Å². The quantitative estimate of drug-likeness (QED) is 0.803. The highest BCUT2D eigenvalue weighted by atomic mass is 79.9. The number of halogens is 1. The Morgan fingerprint density at radius 3 is 2.50 bits per heavy atom. The lowest BCUT2D eigenvalue weighted by molar-refractivity contribution is -0.156. The molecule has 4 nitrogen and oxygen atoms in total. The fourth-order valence-corrected chi connectivity index (χ4v) is 2.68. The number of carbonyl (C=O) groups excluding carboxylic acids is 2. The van der Waals surface area contributed by atoms with Crippen LogP contribution in [0.3, 0.4) is 0 Å². The summed E-state index contributed by atoms with van der Waals surface area (Å²) in [5.41, 5.74) is -0.188. The minimum absolute atomic E-state index is 0.0578. The Kier molecular flexibility index (Phi) is 3.43. The molecule has 1 aromatic carbocycles. The number of methoxy groups -OCH3 is 2. The molecule has 5 heteroatoms. The third-order valence-corrected chi connectivity index (χ3v) is 3.74. The number of hydrogen-bond acceptors (Lipinski definition) is 4. The van der Waals surface area contributed by atoms with Crippen molar-refractivity contribution in [1.82, 2.24) is 0 Å². The number of hydrogen-bond donors (Lipinski definition) is 0. The van der Waals surface area contributed by atoms with E-state index >= 15 is 0 Å². The predicted octanol–water partition coefficient (Wildman–Crippen LogP) is 2.23. The SMILES string of the molecule is COC(=O)C1(c2cc(Br)ccc2OC)CC(=O)C1. The van der Waals surface area contributed by atoms with Gasteiger partial charge in [0.05, 0.1) is 14.2 Å². The average molecular weight is 313 g/mol. The first kappa shape index (κ1) is 13.1. The van der Waals surface area contributed by atoms with Gasteiger partial charge in [-0.3, -0.25) is 9.59 Å². The first-order chi connectivity index (χ1) is 8.53. The van der Waals surface area contributed by atoms with Crippen molar-refractivity contribution in [3.63, 3.8) is 0 Å². The molecule has 0 bridgehead atoms. The van der Waals surface area contributed by atoms with E-state index in [2.05, 4.69) is 15.9 Å². The van der Waals surface area contributed by atoms with Gasteiger partial charge in [-0.25, -0.2) is 0 Å². The van der Waals surface area contributed by atoms with Crippen LogP contribution in [0.1, 0.15) is 18.4 Å². The Balaban J connectivity index is 2.53. The zero-order valence-corrected chi connectivity index (χ0v) is 11.7. The van der Waals surface area contributed by atoms with E-state index in [4.69, 9.17) is 9.47 Å². The fraction of sp³-hybridized carbons (Fsp3) is 0.385. The molecule has 2 rings (SSSR count). The van der Waals surface area contributed by atoms with Crippen LogP contribution in [0.2, 0.25) is 0 Å². The van der Waals surface area contributed by atoms with Crippen molar-refractivity contribution >= 4 is 27.7 Å². The summed E-state index contributed by atoms with van der Waals surface area (Å²) in [5.74, 6) is 0.261. The number of benzene rings is 1. The van der Waals surface area contributed by atoms with E-state index in [9.17, 15) is 9.59 Å². The van der Waals surface area contributed by atoms with Gasteiger partial charge in [0.15, 0.2) is 0 Å². The summed E-state index contributed by atoms with van der Waals surface area (Å²) in [5, 5.41) is 0. The van der Waals surface area contributed by atoms with Gasteiger partial charge in [0, 0.05) is 22.9 Å². The summed E-state index contributed by atoms with van der Waals surface area (Å²) < 4.78 is 10.9. The molecule has 0 unspecified atom stereocenters. The van der Waals surface area contributed by atoms with Crippen LogP contribution in [0.4, 0.5) is 0 Å². The molecule has 1 fully saturated rings. The number of ketones is 1. The molecule has 18 heavy (non-hydrogen) atoms. The Bertz CT molecular complexity index is 502. The van der Waals surface area contributed by atoms with Crippen molar-refractivity contribution in [2.75, 3.05) is 14.2 Å². The van der Waals surface area contributed by atoms with E-state index in [0.717, 1.165) is 4.47 Å². The summed E-state index contributed by atoms with van der Waals surface area (Å²) in [6, 6.07) is 5.41. The van der Waals surface area contributed by atoms with E-state index in [1.807, 2.05) is 12.1 Å². The molecule has 96 valence electrons. The molecule has 0 N–H and O–H groups in total. The summed E-state index contributed by atoms with van der Waals surface area (Å²) in [7, 11) is 2.87. The fourth-order valence-electron chi connectivity index (χ4n) is 2.32. The topological polar surface area (TPSA) is 52.6 Å². The van der Waals surface area contributed by atoms with Crippen LogP contribution < -0.4 is 4.74 Å². The minimum Gasteiger partial charge on any atom is -0.496 e. The maximum absolute atomic E-state index is 12.0. The van der Waals surface area contributed by atoms with Crippen LogP contribution >= 0.6 is 15.9 Å².